The molecule has 3 heterocycles. The average Bonchev–Trinajstić information content (AvgIpc) is 3.98. The number of aryl methyl sites for hydroxylation is 1. The molecule has 3 aliphatic carbocycles. The Bertz CT molecular complexity index is 3920. The molecule has 3 aliphatic heterocycles. The zero-order valence-electron chi connectivity index (χ0n) is 50.6. The van der Waals surface area contributed by atoms with Crippen LogP contribution in [0.25, 0.3) is 22.3 Å². The van der Waals surface area contributed by atoms with Crippen molar-refractivity contribution in [1.82, 2.24) is 0 Å². The highest BCUT2D eigenvalue weighted by atomic mass is 15.3. The summed E-state index contributed by atoms with van der Waals surface area (Å²) in [6.07, 6.45) is 7.16. The van der Waals surface area contributed by atoms with Gasteiger partial charge in [0.1, 0.15) is 0 Å². The Morgan fingerprint density at radius 2 is 1.01 bits per heavy atom. The predicted molar refractivity (Wildman–Crippen MR) is 344 cm³/mol. The molecule has 1 fully saturated rings. The lowest BCUT2D eigenvalue weighted by atomic mass is 9.33. The zero-order valence-corrected chi connectivity index (χ0v) is 50.6. The third kappa shape index (κ3) is 7.18. The molecule has 2 atom stereocenters. The van der Waals surface area contributed by atoms with Gasteiger partial charge in [-0.2, -0.15) is 0 Å². The lowest BCUT2D eigenvalue weighted by Gasteiger charge is -2.51. The average molecular weight is 1050 g/mol. The molecule has 2 unspecified atom stereocenters. The Morgan fingerprint density at radius 1 is 0.412 bits per heavy atom. The second kappa shape index (κ2) is 16.9. The van der Waals surface area contributed by atoms with Crippen LogP contribution in [0.15, 0.2) is 152 Å². The van der Waals surface area contributed by atoms with Crippen LogP contribution < -0.4 is 31.1 Å². The normalized spacial score (nSPS) is 21.4. The first-order valence-corrected chi connectivity index (χ1v) is 30.3. The fraction of sp³-hybridized carbons (Fsp3) is 0.368. The Kier molecular flexibility index (Phi) is 10.9. The van der Waals surface area contributed by atoms with Crippen LogP contribution in [0.3, 0.4) is 0 Å². The van der Waals surface area contributed by atoms with Crippen molar-refractivity contribution in [1.29, 1.82) is 0 Å². The van der Waals surface area contributed by atoms with E-state index in [-0.39, 0.29) is 44.7 Å². The van der Waals surface area contributed by atoms with Crippen LogP contribution in [0.2, 0.25) is 0 Å². The molecule has 0 aromatic heterocycles. The summed E-state index contributed by atoms with van der Waals surface area (Å²) in [7, 11) is 0. The van der Waals surface area contributed by atoms with E-state index in [1.807, 2.05) is 0 Å². The van der Waals surface area contributed by atoms with E-state index in [0.717, 1.165) is 19.3 Å². The van der Waals surface area contributed by atoms with Gasteiger partial charge in [-0.15, -0.1) is 0 Å². The third-order valence-corrected chi connectivity index (χ3v) is 21.4. The number of nitrogens with zero attached hydrogens (tertiary/aromatic N) is 3. The fourth-order valence-electron chi connectivity index (χ4n) is 16.3. The highest BCUT2D eigenvalue weighted by Gasteiger charge is 2.58. The molecule has 404 valence electrons. The summed E-state index contributed by atoms with van der Waals surface area (Å²) in [4.78, 5) is 8.23. The minimum absolute atomic E-state index is 0.00570. The number of hydrogen-bond donors (Lipinski definition) is 0. The van der Waals surface area contributed by atoms with E-state index in [4.69, 9.17) is 0 Å². The van der Waals surface area contributed by atoms with Gasteiger partial charge in [0, 0.05) is 56.2 Å². The van der Waals surface area contributed by atoms with Gasteiger partial charge >= 0.3 is 0 Å². The second-order valence-corrected chi connectivity index (χ2v) is 29.7. The molecule has 0 radical (unpaired) electrons. The minimum Gasteiger partial charge on any atom is -0.334 e. The molecule has 0 saturated heterocycles. The van der Waals surface area contributed by atoms with E-state index in [1.165, 1.54) is 148 Å². The number of fused-ring (bicyclic) bond motifs is 11. The maximum Gasteiger partial charge on any atom is 0.252 e. The van der Waals surface area contributed by atoms with E-state index in [9.17, 15) is 0 Å². The summed E-state index contributed by atoms with van der Waals surface area (Å²) in [6.45, 7) is 36.5. The van der Waals surface area contributed by atoms with Crippen LogP contribution >= 0.6 is 0 Å². The van der Waals surface area contributed by atoms with Gasteiger partial charge in [0.15, 0.2) is 0 Å². The van der Waals surface area contributed by atoms with E-state index >= 15 is 0 Å². The van der Waals surface area contributed by atoms with Crippen molar-refractivity contribution in [3.05, 3.63) is 196 Å². The molecule has 0 bridgehead atoms. The van der Waals surface area contributed by atoms with Crippen molar-refractivity contribution < 1.29 is 0 Å². The molecule has 1 saturated carbocycles. The topological polar surface area (TPSA) is 9.72 Å². The van der Waals surface area contributed by atoms with Gasteiger partial charge in [0.05, 0.1) is 11.2 Å². The van der Waals surface area contributed by atoms with Crippen LogP contribution in [0.5, 0.6) is 0 Å². The molecule has 0 amide bonds. The molecule has 6 aliphatic rings. The molecule has 14 rings (SSSR count). The number of benzene rings is 8. The van der Waals surface area contributed by atoms with Gasteiger partial charge < -0.3 is 14.7 Å². The first-order chi connectivity index (χ1) is 37.8. The first kappa shape index (κ1) is 51.4. The van der Waals surface area contributed by atoms with Crippen molar-refractivity contribution in [3.8, 4) is 22.3 Å². The quantitative estimate of drug-likeness (QED) is 0.163. The Morgan fingerprint density at radius 3 is 1.73 bits per heavy atom. The molecule has 0 spiro atoms. The summed E-state index contributed by atoms with van der Waals surface area (Å²) in [5.74, 6) is 0. The lowest BCUT2D eigenvalue weighted by Crippen LogP contribution is -2.62. The molecule has 0 N–H and O–H groups in total. The Labute approximate surface area is 479 Å². The fourth-order valence-corrected chi connectivity index (χ4v) is 16.3. The van der Waals surface area contributed by atoms with Crippen LogP contribution in [0.4, 0.5) is 45.5 Å². The SMILES string of the molecule is Cc1cc2c3c(c1)N(c1ccc(C(C)(C)C)cc1-c1ccccc1)c1cc4c(cc1B3c1ccc(N3c5ccc(C(C)(C)C)cc5C5(C)CCCCC35C)cc1N2c1ccc2c(c1)C(C)(C)c1ccccc1-2)C(C)(C)CCC4(C)C. The number of rotatable bonds is 4. The summed E-state index contributed by atoms with van der Waals surface area (Å²) >= 11 is 0. The van der Waals surface area contributed by atoms with Crippen LogP contribution in [-0.2, 0) is 32.5 Å². The third-order valence-electron chi connectivity index (χ3n) is 21.4. The predicted octanol–water partition coefficient (Wildman–Crippen LogP) is 18.7. The number of hydrogen-bond acceptors (Lipinski definition) is 3. The van der Waals surface area contributed by atoms with Crippen molar-refractivity contribution in [3.63, 3.8) is 0 Å². The molecule has 80 heavy (non-hydrogen) atoms. The summed E-state index contributed by atoms with van der Waals surface area (Å²) in [5, 5.41) is 0. The van der Waals surface area contributed by atoms with Crippen LogP contribution in [-0.4, -0.2) is 12.3 Å². The van der Waals surface area contributed by atoms with Gasteiger partial charge in [0.25, 0.3) is 6.71 Å². The van der Waals surface area contributed by atoms with E-state index in [0.29, 0.717) is 0 Å². The van der Waals surface area contributed by atoms with Gasteiger partial charge in [0.2, 0.25) is 0 Å². The van der Waals surface area contributed by atoms with Crippen LogP contribution in [0, 0.1) is 6.92 Å². The maximum absolute atomic E-state index is 2.82. The van der Waals surface area contributed by atoms with Crippen molar-refractivity contribution in [2.45, 2.75) is 180 Å². The molecular weight excluding hydrogens is 966 g/mol. The highest BCUT2D eigenvalue weighted by Crippen LogP contribution is 2.62. The summed E-state index contributed by atoms with van der Waals surface area (Å²) in [5.41, 5.74) is 30.7. The first-order valence-electron chi connectivity index (χ1n) is 30.3. The highest BCUT2D eigenvalue weighted by molar-refractivity contribution is 7.00. The smallest absolute Gasteiger partial charge is 0.252 e. The molecule has 8 aromatic carbocycles. The largest absolute Gasteiger partial charge is 0.334 e. The molecule has 4 heteroatoms. The zero-order chi connectivity index (χ0) is 56.0. The van der Waals surface area contributed by atoms with Gasteiger partial charge in [-0.3, -0.25) is 0 Å². The Balaban J connectivity index is 1.08. The van der Waals surface area contributed by atoms with Gasteiger partial charge in [-0.25, -0.2) is 0 Å². The second-order valence-electron chi connectivity index (χ2n) is 29.7. The molecule has 3 nitrogen and oxygen atoms in total. The lowest BCUT2D eigenvalue weighted by molar-refractivity contribution is 0.195. The van der Waals surface area contributed by atoms with Crippen molar-refractivity contribution >= 4 is 68.6 Å². The van der Waals surface area contributed by atoms with E-state index < -0.39 is 0 Å². The Hall–Kier alpha value is -6.78. The minimum atomic E-state index is -0.162. The van der Waals surface area contributed by atoms with Crippen molar-refractivity contribution in [2.75, 3.05) is 14.7 Å². The van der Waals surface area contributed by atoms with E-state index in [1.54, 1.807) is 0 Å². The van der Waals surface area contributed by atoms with Gasteiger partial charge in [-0.1, -0.05) is 194 Å². The summed E-state index contributed by atoms with van der Waals surface area (Å²) in [6, 6.07) is 60.8. The number of anilines is 8. The monoisotopic (exact) mass is 1050 g/mol. The molecular formula is C76H82BN3. The molecule has 8 aromatic rings. The van der Waals surface area contributed by atoms with E-state index in [2.05, 4.69) is 270 Å². The standard InChI is InChI=1S/C76H82BN3/c1-47-39-67-69-68(40-47)79(63-33-27-49(70(2,3)4)41-55(63)48-23-17-16-18-24-48)66-46-59-58(72(8,9)37-38-73(59,10)11)45-62(66)77(69)61-32-30-52(80-64-34-28-50(71(5,6)7)42-60(64)75(14)35-21-22-36-76(75,80)15)44-65(61)78(67)51-29-31-54-53-25-19-20-26-56(53)74(12,13)57(54)43-51/h16-20,23-34,39-46H,21-22,35-38H2,1-15H3. The van der Waals surface area contributed by atoms with Crippen LogP contribution in [0.1, 0.15) is 180 Å². The van der Waals surface area contributed by atoms with Gasteiger partial charge in [-0.05, 0) is 199 Å². The van der Waals surface area contributed by atoms with Crippen molar-refractivity contribution in [2.24, 2.45) is 0 Å². The summed E-state index contributed by atoms with van der Waals surface area (Å²) < 4.78 is 0. The maximum atomic E-state index is 2.82.